The van der Waals surface area contributed by atoms with E-state index in [2.05, 4.69) is 15.7 Å². The summed E-state index contributed by atoms with van der Waals surface area (Å²) in [6.45, 7) is 2.55. The summed E-state index contributed by atoms with van der Waals surface area (Å²) < 4.78 is 5.43. The van der Waals surface area contributed by atoms with Gasteiger partial charge in [-0.1, -0.05) is 0 Å². The van der Waals surface area contributed by atoms with Crippen LogP contribution in [-0.2, 0) is 4.74 Å². The van der Waals surface area contributed by atoms with Gasteiger partial charge in [0.25, 0.3) is 0 Å². The molecule has 2 fully saturated rings. The zero-order chi connectivity index (χ0) is 9.38. The first-order valence-electron chi connectivity index (χ1n) is 5.20. The normalized spacial score (nSPS) is 26.0. The van der Waals surface area contributed by atoms with Gasteiger partial charge in [-0.2, -0.15) is 0 Å². The molecule has 1 atom stereocenters. The minimum absolute atomic E-state index is 0. The van der Waals surface area contributed by atoms with Gasteiger partial charge in [0, 0.05) is 17.8 Å². The molecule has 1 aliphatic carbocycles. The van der Waals surface area contributed by atoms with Crippen molar-refractivity contribution in [3.05, 3.63) is 16.1 Å². The molecule has 5 heteroatoms. The van der Waals surface area contributed by atoms with Crippen LogP contribution in [0.2, 0.25) is 0 Å². The highest BCUT2D eigenvalue weighted by atomic mass is 35.5. The number of nitrogens with zero attached hydrogens (tertiary/aromatic N) is 1. The van der Waals surface area contributed by atoms with Crippen molar-refractivity contribution in [2.45, 2.75) is 24.8 Å². The average molecular weight is 247 g/mol. The van der Waals surface area contributed by atoms with Crippen molar-refractivity contribution in [2.24, 2.45) is 0 Å². The number of nitrogens with one attached hydrogen (secondary N) is 1. The third kappa shape index (κ3) is 2.50. The molecule has 0 bridgehead atoms. The van der Waals surface area contributed by atoms with Crippen LogP contribution in [0, 0.1) is 0 Å². The van der Waals surface area contributed by atoms with Gasteiger partial charge >= 0.3 is 0 Å². The summed E-state index contributed by atoms with van der Waals surface area (Å²) >= 11 is 1.77. The maximum absolute atomic E-state index is 5.43. The minimum Gasteiger partial charge on any atom is -0.378 e. The molecule has 3 nitrogen and oxygen atoms in total. The molecule has 1 aliphatic heterocycles. The lowest BCUT2D eigenvalue weighted by molar-refractivity contribution is 0.0767. The molecule has 0 radical (unpaired) electrons. The maximum atomic E-state index is 5.43. The number of hydrogen-bond donors (Lipinski definition) is 1. The summed E-state index contributed by atoms with van der Waals surface area (Å²) in [6, 6.07) is 0.334. The van der Waals surface area contributed by atoms with Crippen LogP contribution >= 0.6 is 23.7 Å². The highest BCUT2D eigenvalue weighted by Gasteiger charge is 2.27. The topological polar surface area (TPSA) is 34.1 Å². The fourth-order valence-corrected chi connectivity index (χ4v) is 2.71. The predicted molar refractivity (Wildman–Crippen MR) is 62.9 cm³/mol. The SMILES string of the molecule is Cl.c1sc(C2COCCN2)nc1C1CC1. The van der Waals surface area contributed by atoms with E-state index >= 15 is 0 Å². The molecule has 1 aromatic rings. The second kappa shape index (κ2) is 4.78. The molecule has 0 aromatic carbocycles. The number of hydrogen-bond acceptors (Lipinski definition) is 4. The molecule has 0 amide bonds. The zero-order valence-electron chi connectivity index (χ0n) is 8.44. The molecule has 3 rings (SSSR count). The smallest absolute Gasteiger partial charge is 0.112 e. The molecule has 1 unspecified atom stereocenters. The lowest BCUT2D eigenvalue weighted by Gasteiger charge is -2.21. The number of ether oxygens (including phenoxy) is 1. The van der Waals surface area contributed by atoms with Crippen LogP contribution in [0.3, 0.4) is 0 Å². The van der Waals surface area contributed by atoms with Crippen molar-refractivity contribution in [1.82, 2.24) is 10.3 Å². The van der Waals surface area contributed by atoms with Gasteiger partial charge < -0.3 is 10.1 Å². The molecule has 1 N–H and O–H groups in total. The maximum Gasteiger partial charge on any atom is 0.112 e. The quantitative estimate of drug-likeness (QED) is 0.868. The van der Waals surface area contributed by atoms with Gasteiger partial charge in [0.05, 0.1) is 24.9 Å². The number of rotatable bonds is 2. The molecule has 1 saturated heterocycles. The van der Waals surface area contributed by atoms with Gasteiger partial charge in [0.15, 0.2) is 0 Å². The monoisotopic (exact) mass is 246 g/mol. The van der Waals surface area contributed by atoms with Crippen molar-refractivity contribution in [3.8, 4) is 0 Å². The van der Waals surface area contributed by atoms with E-state index in [9.17, 15) is 0 Å². The van der Waals surface area contributed by atoms with Gasteiger partial charge in [-0.3, -0.25) is 0 Å². The van der Waals surface area contributed by atoms with Gasteiger partial charge in [0.1, 0.15) is 5.01 Å². The summed E-state index contributed by atoms with van der Waals surface area (Å²) in [5.41, 5.74) is 1.30. The van der Waals surface area contributed by atoms with Gasteiger partial charge in [-0.25, -0.2) is 4.98 Å². The van der Waals surface area contributed by atoms with Gasteiger partial charge in [-0.15, -0.1) is 23.7 Å². The Morgan fingerprint density at radius 3 is 3.00 bits per heavy atom. The molecule has 15 heavy (non-hydrogen) atoms. The van der Waals surface area contributed by atoms with Crippen LogP contribution in [0.25, 0.3) is 0 Å². The minimum atomic E-state index is 0. The fraction of sp³-hybridized carbons (Fsp3) is 0.700. The van der Waals surface area contributed by atoms with Gasteiger partial charge in [-0.05, 0) is 12.8 Å². The second-order valence-electron chi connectivity index (χ2n) is 3.97. The van der Waals surface area contributed by atoms with E-state index in [1.54, 1.807) is 11.3 Å². The molecule has 2 heterocycles. The lowest BCUT2D eigenvalue weighted by Crippen LogP contribution is -2.34. The largest absolute Gasteiger partial charge is 0.378 e. The van der Waals surface area contributed by atoms with Crippen molar-refractivity contribution < 1.29 is 4.74 Å². The van der Waals surface area contributed by atoms with Crippen molar-refractivity contribution >= 4 is 23.7 Å². The molecule has 84 valence electrons. The Kier molecular flexibility index (Phi) is 3.61. The third-order valence-electron chi connectivity index (χ3n) is 2.76. The van der Waals surface area contributed by atoms with Crippen molar-refractivity contribution in [3.63, 3.8) is 0 Å². The van der Waals surface area contributed by atoms with Crippen LogP contribution in [0.5, 0.6) is 0 Å². The summed E-state index contributed by atoms with van der Waals surface area (Å²) in [5, 5.41) is 6.84. The van der Waals surface area contributed by atoms with Crippen LogP contribution in [0.15, 0.2) is 5.38 Å². The van der Waals surface area contributed by atoms with E-state index < -0.39 is 0 Å². The van der Waals surface area contributed by atoms with E-state index in [1.165, 1.54) is 23.5 Å². The Hall–Kier alpha value is -0.160. The average Bonchev–Trinajstić information content (AvgIpc) is 2.98. The number of morpholine rings is 1. The van der Waals surface area contributed by atoms with Crippen LogP contribution < -0.4 is 5.32 Å². The Morgan fingerprint density at radius 1 is 1.47 bits per heavy atom. The zero-order valence-corrected chi connectivity index (χ0v) is 10.1. The van der Waals surface area contributed by atoms with E-state index in [4.69, 9.17) is 4.74 Å². The van der Waals surface area contributed by atoms with Crippen molar-refractivity contribution in [1.29, 1.82) is 0 Å². The summed E-state index contributed by atoms with van der Waals surface area (Å²) in [4.78, 5) is 4.67. The number of aromatic nitrogens is 1. The van der Waals surface area contributed by atoms with E-state index in [-0.39, 0.29) is 12.4 Å². The first-order chi connectivity index (χ1) is 6.93. The number of halogens is 1. The molecular formula is C10H15ClN2OS. The Balaban J connectivity index is 0.000000853. The predicted octanol–water partition coefficient (Wildman–Crippen LogP) is 2.10. The molecular weight excluding hydrogens is 232 g/mol. The van der Waals surface area contributed by atoms with Crippen LogP contribution in [0.4, 0.5) is 0 Å². The highest BCUT2D eigenvalue weighted by molar-refractivity contribution is 7.09. The summed E-state index contributed by atoms with van der Waals surface area (Å²) in [7, 11) is 0. The van der Waals surface area contributed by atoms with E-state index in [1.807, 2.05) is 0 Å². The van der Waals surface area contributed by atoms with E-state index in [0.717, 1.165) is 25.7 Å². The second-order valence-corrected chi connectivity index (χ2v) is 4.86. The lowest BCUT2D eigenvalue weighted by atomic mass is 10.3. The summed E-state index contributed by atoms with van der Waals surface area (Å²) in [5.74, 6) is 0.768. The first kappa shape index (κ1) is 11.3. The highest BCUT2D eigenvalue weighted by Crippen LogP contribution is 2.40. The van der Waals surface area contributed by atoms with E-state index in [0.29, 0.717) is 6.04 Å². The third-order valence-corrected chi connectivity index (χ3v) is 3.73. The molecule has 2 aliphatic rings. The molecule has 0 spiro atoms. The van der Waals surface area contributed by atoms with Crippen molar-refractivity contribution in [2.75, 3.05) is 19.8 Å². The Bertz CT molecular complexity index is 321. The fourth-order valence-electron chi connectivity index (χ4n) is 1.75. The Labute approximate surface area is 99.7 Å². The summed E-state index contributed by atoms with van der Waals surface area (Å²) in [6.07, 6.45) is 2.66. The van der Waals surface area contributed by atoms with Crippen LogP contribution in [-0.4, -0.2) is 24.7 Å². The number of thiazole rings is 1. The molecule has 1 aromatic heterocycles. The van der Waals surface area contributed by atoms with Gasteiger partial charge in [0.2, 0.25) is 0 Å². The Morgan fingerprint density at radius 2 is 2.33 bits per heavy atom. The first-order valence-corrected chi connectivity index (χ1v) is 6.08. The standard InChI is InChI=1S/C10H14N2OS.ClH/c1-2-7(1)9-6-14-10(12-9)8-5-13-4-3-11-8;/h6-8,11H,1-5H2;1H. The molecule has 1 saturated carbocycles. The van der Waals surface area contributed by atoms with Crippen LogP contribution in [0.1, 0.15) is 35.5 Å².